The quantitative estimate of drug-likeness (QED) is 0.792. The number of oxazole rings is 1. The standard InChI is InChI=1S/C13H18N2OS/c1-3-17-9-8-10(2)14-13-15-11-6-4-5-7-12(11)16-13/h4-7,10H,3,8-9H2,1-2H3,(H,14,15). The molecule has 1 heterocycles. The summed E-state index contributed by atoms with van der Waals surface area (Å²) in [5.74, 6) is 2.35. The largest absolute Gasteiger partial charge is 0.424 e. The molecule has 0 radical (unpaired) electrons. The van der Waals surface area contributed by atoms with E-state index in [1.807, 2.05) is 36.0 Å². The zero-order chi connectivity index (χ0) is 12.1. The molecule has 0 saturated carbocycles. The molecule has 0 spiro atoms. The van der Waals surface area contributed by atoms with E-state index in [1.54, 1.807) is 0 Å². The van der Waals surface area contributed by atoms with Crippen molar-refractivity contribution >= 4 is 28.9 Å². The number of aromatic nitrogens is 1. The molecule has 0 fully saturated rings. The van der Waals surface area contributed by atoms with Gasteiger partial charge in [0.2, 0.25) is 0 Å². The number of thioether (sulfide) groups is 1. The van der Waals surface area contributed by atoms with Crippen LogP contribution in [0.15, 0.2) is 28.7 Å². The molecular formula is C13H18N2OS. The monoisotopic (exact) mass is 250 g/mol. The van der Waals surface area contributed by atoms with E-state index in [9.17, 15) is 0 Å². The Kier molecular flexibility index (Phi) is 4.31. The minimum atomic E-state index is 0.391. The van der Waals surface area contributed by atoms with Gasteiger partial charge >= 0.3 is 0 Å². The van der Waals surface area contributed by atoms with Crippen LogP contribution >= 0.6 is 11.8 Å². The first-order valence-corrected chi connectivity index (χ1v) is 7.15. The fourth-order valence-electron chi connectivity index (χ4n) is 1.62. The van der Waals surface area contributed by atoms with E-state index in [-0.39, 0.29) is 0 Å². The molecule has 1 atom stereocenters. The summed E-state index contributed by atoms with van der Waals surface area (Å²) in [4.78, 5) is 4.40. The smallest absolute Gasteiger partial charge is 0.295 e. The van der Waals surface area contributed by atoms with Crippen LogP contribution in [0.25, 0.3) is 11.1 Å². The maximum absolute atomic E-state index is 5.62. The molecule has 0 bridgehead atoms. The van der Waals surface area contributed by atoms with Gasteiger partial charge in [-0.05, 0) is 37.0 Å². The van der Waals surface area contributed by atoms with Crippen LogP contribution < -0.4 is 5.32 Å². The number of nitrogens with one attached hydrogen (secondary N) is 1. The van der Waals surface area contributed by atoms with Gasteiger partial charge in [-0.15, -0.1) is 0 Å². The molecule has 0 aliphatic rings. The Morgan fingerprint density at radius 3 is 3.00 bits per heavy atom. The number of anilines is 1. The molecule has 17 heavy (non-hydrogen) atoms. The van der Waals surface area contributed by atoms with Crippen molar-refractivity contribution in [2.24, 2.45) is 0 Å². The first kappa shape index (κ1) is 12.3. The summed E-state index contributed by atoms with van der Waals surface area (Å²) in [7, 11) is 0. The van der Waals surface area contributed by atoms with Crippen molar-refractivity contribution < 1.29 is 4.42 Å². The van der Waals surface area contributed by atoms with Crippen molar-refractivity contribution in [1.82, 2.24) is 4.98 Å². The summed E-state index contributed by atoms with van der Waals surface area (Å²) in [6.45, 7) is 4.34. The lowest BCUT2D eigenvalue weighted by Crippen LogP contribution is -2.16. The Labute approximate surface area is 106 Å². The third kappa shape index (κ3) is 3.40. The molecule has 1 unspecified atom stereocenters. The molecule has 0 aliphatic carbocycles. The second-order valence-corrected chi connectivity index (χ2v) is 5.41. The van der Waals surface area contributed by atoms with Crippen LogP contribution in [-0.2, 0) is 0 Å². The molecule has 0 saturated heterocycles. The van der Waals surface area contributed by atoms with E-state index in [0.29, 0.717) is 12.1 Å². The highest BCUT2D eigenvalue weighted by molar-refractivity contribution is 7.99. The maximum atomic E-state index is 5.62. The summed E-state index contributed by atoms with van der Waals surface area (Å²) in [6.07, 6.45) is 1.12. The van der Waals surface area contributed by atoms with Crippen LogP contribution in [0, 0.1) is 0 Å². The highest BCUT2D eigenvalue weighted by Gasteiger charge is 2.07. The van der Waals surface area contributed by atoms with Crippen molar-refractivity contribution in [2.75, 3.05) is 16.8 Å². The van der Waals surface area contributed by atoms with Crippen LogP contribution in [0.5, 0.6) is 0 Å². The number of nitrogens with zero attached hydrogens (tertiary/aromatic N) is 1. The topological polar surface area (TPSA) is 38.1 Å². The summed E-state index contributed by atoms with van der Waals surface area (Å²) >= 11 is 1.96. The predicted octanol–water partition coefficient (Wildman–Crippen LogP) is 3.77. The molecule has 2 rings (SSSR count). The van der Waals surface area contributed by atoms with Crippen LogP contribution in [0.2, 0.25) is 0 Å². The lowest BCUT2D eigenvalue weighted by Gasteiger charge is -2.10. The normalized spacial score (nSPS) is 12.8. The predicted molar refractivity (Wildman–Crippen MR) is 74.7 cm³/mol. The highest BCUT2D eigenvalue weighted by Crippen LogP contribution is 2.19. The highest BCUT2D eigenvalue weighted by atomic mass is 32.2. The van der Waals surface area contributed by atoms with Gasteiger partial charge in [0.25, 0.3) is 6.01 Å². The molecule has 0 amide bonds. The van der Waals surface area contributed by atoms with E-state index in [2.05, 4.69) is 24.1 Å². The van der Waals surface area contributed by atoms with Crippen molar-refractivity contribution in [3.8, 4) is 0 Å². The molecule has 1 N–H and O–H groups in total. The average molecular weight is 250 g/mol. The number of para-hydroxylation sites is 2. The number of benzene rings is 1. The molecule has 4 heteroatoms. The SMILES string of the molecule is CCSCCC(C)Nc1nc2ccccc2o1. The van der Waals surface area contributed by atoms with Crippen molar-refractivity contribution in [1.29, 1.82) is 0 Å². The van der Waals surface area contributed by atoms with Gasteiger partial charge in [-0.2, -0.15) is 16.7 Å². The van der Waals surface area contributed by atoms with E-state index in [1.165, 1.54) is 11.5 Å². The molecule has 3 nitrogen and oxygen atoms in total. The lowest BCUT2D eigenvalue weighted by molar-refractivity contribution is 0.597. The Bertz CT molecular complexity index is 436. The van der Waals surface area contributed by atoms with Gasteiger partial charge in [-0.1, -0.05) is 19.1 Å². The number of rotatable bonds is 6. The number of hydrogen-bond donors (Lipinski definition) is 1. The summed E-state index contributed by atoms with van der Waals surface area (Å²) in [5.41, 5.74) is 1.75. The summed E-state index contributed by atoms with van der Waals surface area (Å²) < 4.78 is 5.62. The van der Waals surface area contributed by atoms with E-state index >= 15 is 0 Å². The fraction of sp³-hybridized carbons (Fsp3) is 0.462. The van der Waals surface area contributed by atoms with Gasteiger partial charge in [-0.3, -0.25) is 0 Å². The molecule has 2 aromatic rings. The summed E-state index contributed by atoms with van der Waals surface area (Å²) in [6, 6.07) is 8.84. The Hall–Kier alpha value is -1.16. The van der Waals surface area contributed by atoms with Crippen molar-refractivity contribution in [2.45, 2.75) is 26.3 Å². The number of fused-ring (bicyclic) bond motifs is 1. The summed E-state index contributed by atoms with van der Waals surface area (Å²) in [5, 5.41) is 3.30. The average Bonchev–Trinajstić information content (AvgIpc) is 2.71. The van der Waals surface area contributed by atoms with E-state index in [4.69, 9.17) is 4.42 Å². The molecular weight excluding hydrogens is 232 g/mol. The number of hydrogen-bond acceptors (Lipinski definition) is 4. The van der Waals surface area contributed by atoms with Gasteiger partial charge in [-0.25, -0.2) is 0 Å². The maximum Gasteiger partial charge on any atom is 0.295 e. The van der Waals surface area contributed by atoms with Gasteiger partial charge in [0.1, 0.15) is 5.52 Å². The second kappa shape index (κ2) is 5.96. The van der Waals surface area contributed by atoms with Crippen LogP contribution in [0.3, 0.4) is 0 Å². The van der Waals surface area contributed by atoms with Gasteiger partial charge < -0.3 is 9.73 Å². The van der Waals surface area contributed by atoms with Crippen molar-refractivity contribution in [3.05, 3.63) is 24.3 Å². The van der Waals surface area contributed by atoms with Gasteiger partial charge in [0.05, 0.1) is 0 Å². The zero-order valence-electron chi connectivity index (χ0n) is 10.3. The van der Waals surface area contributed by atoms with Gasteiger partial charge in [0.15, 0.2) is 5.58 Å². The van der Waals surface area contributed by atoms with E-state index in [0.717, 1.165) is 17.5 Å². The molecule has 92 valence electrons. The Morgan fingerprint density at radius 2 is 2.24 bits per heavy atom. The third-order valence-electron chi connectivity index (χ3n) is 2.56. The second-order valence-electron chi connectivity index (χ2n) is 4.02. The third-order valence-corrected chi connectivity index (χ3v) is 3.50. The molecule has 1 aromatic heterocycles. The first-order valence-electron chi connectivity index (χ1n) is 5.99. The fourth-order valence-corrected chi connectivity index (χ4v) is 2.43. The van der Waals surface area contributed by atoms with Crippen LogP contribution in [-0.4, -0.2) is 22.5 Å². The first-order chi connectivity index (χ1) is 8.29. The lowest BCUT2D eigenvalue weighted by atomic mass is 10.3. The van der Waals surface area contributed by atoms with Crippen LogP contribution in [0.4, 0.5) is 6.01 Å². The minimum absolute atomic E-state index is 0.391. The molecule has 1 aromatic carbocycles. The van der Waals surface area contributed by atoms with E-state index < -0.39 is 0 Å². The Balaban J connectivity index is 1.93. The van der Waals surface area contributed by atoms with Gasteiger partial charge in [0, 0.05) is 6.04 Å². The Morgan fingerprint density at radius 1 is 1.41 bits per heavy atom. The molecule has 0 aliphatic heterocycles. The minimum Gasteiger partial charge on any atom is -0.424 e. The zero-order valence-corrected chi connectivity index (χ0v) is 11.1. The van der Waals surface area contributed by atoms with Crippen LogP contribution in [0.1, 0.15) is 20.3 Å². The van der Waals surface area contributed by atoms with Crippen molar-refractivity contribution in [3.63, 3.8) is 0 Å².